The van der Waals surface area contributed by atoms with Crippen molar-refractivity contribution in [3.05, 3.63) is 230 Å². The van der Waals surface area contributed by atoms with E-state index in [1.165, 1.54) is 186 Å². The van der Waals surface area contributed by atoms with Crippen LogP contribution in [0.15, 0.2) is 218 Å². The molecule has 1 aliphatic carbocycles. The number of aryl methyl sites for hydroxylation is 2. The number of hydrogen-bond donors (Lipinski definition) is 0. The van der Waals surface area contributed by atoms with Gasteiger partial charge >= 0.3 is 0 Å². The zero-order valence-electron chi connectivity index (χ0n) is 39.8. The van der Waals surface area contributed by atoms with Gasteiger partial charge in [-0.15, -0.1) is 0 Å². The molecule has 0 spiro atoms. The summed E-state index contributed by atoms with van der Waals surface area (Å²) in [5.41, 5.74) is 18.3. The van der Waals surface area contributed by atoms with E-state index in [1.54, 1.807) is 0 Å². The van der Waals surface area contributed by atoms with Crippen LogP contribution in [-0.2, 0) is 0 Å². The Bertz CT molecular complexity index is 4880. The highest BCUT2D eigenvalue weighted by atomic mass is 14.4. The number of rotatable bonds is 4. The minimum absolute atomic E-state index is 1.23. The standard InChI is InChI=1S/C72H42/c1-39-17-6-8-21-42(39)60-49-27-14-15-28-50(49)61(43-22-9-7-18-40(43)2)70-57-36-32-52-54-34-38-59-67-58(37-33-53(63(54)67)51-31-35-56(69(60)70)66(57)62(51)52)71-64(46-25-12-10-23-44(46)41-19-4-3-5-20-41)55-30-16-29-47-45-24-11-13-26-48(45)68(65(47)55)72(59)71/h3-38H,1-2H3. The third kappa shape index (κ3) is 4.69. The molecule has 0 amide bonds. The molecule has 330 valence electrons. The van der Waals surface area contributed by atoms with E-state index in [4.69, 9.17) is 0 Å². The Balaban J connectivity index is 1.04. The highest BCUT2D eigenvalue weighted by Gasteiger charge is 2.34. The van der Waals surface area contributed by atoms with Crippen molar-refractivity contribution in [1.29, 1.82) is 0 Å². The van der Waals surface area contributed by atoms with E-state index < -0.39 is 0 Å². The van der Waals surface area contributed by atoms with Gasteiger partial charge in [-0.1, -0.05) is 218 Å². The van der Waals surface area contributed by atoms with Crippen molar-refractivity contribution in [3.63, 3.8) is 0 Å². The van der Waals surface area contributed by atoms with E-state index in [9.17, 15) is 0 Å². The van der Waals surface area contributed by atoms with Crippen molar-refractivity contribution < 1.29 is 0 Å². The van der Waals surface area contributed by atoms with E-state index in [2.05, 4.69) is 232 Å². The lowest BCUT2D eigenvalue weighted by atomic mass is 9.81. The van der Waals surface area contributed by atoms with Crippen LogP contribution in [0.5, 0.6) is 0 Å². The largest absolute Gasteiger partial charge is 0.0622 e. The summed E-state index contributed by atoms with van der Waals surface area (Å²) in [7, 11) is 0. The van der Waals surface area contributed by atoms with E-state index >= 15 is 0 Å². The highest BCUT2D eigenvalue weighted by Crippen LogP contribution is 2.61. The summed E-state index contributed by atoms with van der Waals surface area (Å²) in [6.45, 7) is 4.54. The molecule has 0 bridgehead atoms. The molecule has 0 fully saturated rings. The first-order valence-corrected chi connectivity index (χ1v) is 25.4. The van der Waals surface area contributed by atoms with Crippen LogP contribution in [0.3, 0.4) is 0 Å². The van der Waals surface area contributed by atoms with Crippen molar-refractivity contribution in [2.24, 2.45) is 0 Å². The van der Waals surface area contributed by atoms with Gasteiger partial charge in [-0.05, 0) is 199 Å². The molecule has 72 heavy (non-hydrogen) atoms. The zero-order chi connectivity index (χ0) is 47.1. The summed E-state index contributed by atoms with van der Waals surface area (Å²) in [6.07, 6.45) is 0. The molecule has 0 aliphatic heterocycles. The number of benzene rings is 14. The summed E-state index contributed by atoms with van der Waals surface area (Å²) in [5.74, 6) is 0. The Morgan fingerprint density at radius 3 is 1.15 bits per heavy atom. The van der Waals surface area contributed by atoms with E-state index in [1.807, 2.05) is 0 Å². The van der Waals surface area contributed by atoms with Gasteiger partial charge in [0.15, 0.2) is 0 Å². The predicted molar refractivity (Wildman–Crippen MR) is 311 cm³/mol. The zero-order valence-corrected chi connectivity index (χ0v) is 39.8. The van der Waals surface area contributed by atoms with Crippen LogP contribution < -0.4 is 0 Å². The van der Waals surface area contributed by atoms with Crippen LogP contribution in [0.25, 0.3) is 174 Å². The van der Waals surface area contributed by atoms with Crippen LogP contribution in [-0.4, -0.2) is 0 Å². The minimum atomic E-state index is 1.23. The topological polar surface area (TPSA) is 0 Å². The van der Waals surface area contributed by atoms with Gasteiger partial charge in [0, 0.05) is 0 Å². The van der Waals surface area contributed by atoms with Gasteiger partial charge in [0.1, 0.15) is 0 Å². The number of fused-ring (bicyclic) bond motifs is 13. The van der Waals surface area contributed by atoms with Crippen LogP contribution in [0, 0.1) is 13.8 Å². The Labute approximate surface area is 415 Å². The van der Waals surface area contributed by atoms with Crippen molar-refractivity contribution in [1.82, 2.24) is 0 Å². The molecular weight excluding hydrogens is 865 g/mol. The smallest absolute Gasteiger partial charge is 0.000696 e. The monoisotopic (exact) mass is 906 g/mol. The molecular formula is C72H42. The number of hydrogen-bond acceptors (Lipinski definition) is 0. The molecule has 0 saturated carbocycles. The summed E-state index contributed by atoms with van der Waals surface area (Å²) < 4.78 is 0. The van der Waals surface area contributed by atoms with Crippen molar-refractivity contribution in [2.45, 2.75) is 13.8 Å². The molecule has 17 rings (SSSR count). The van der Waals surface area contributed by atoms with Crippen LogP contribution >= 0.6 is 0 Å². The minimum Gasteiger partial charge on any atom is -0.0622 e. The van der Waals surface area contributed by atoms with E-state index in [0.29, 0.717) is 0 Å². The predicted octanol–water partition coefficient (Wildman–Crippen LogP) is 20.5. The molecule has 0 nitrogen and oxygen atoms in total. The third-order valence-corrected chi connectivity index (χ3v) is 17.1. The van der Waals surface area contributed by atoms with Crippen molar-refractivity contribution in [3.8, 4) is 66.8 Å². The van der Waals surface area contributed by atoms with Gasteiger partial charge < -0.3 is 0 Å². The molecule has 0 saturated heterocycles. The Hall–Kier alpha value is -9.10. The van der Waals surface area contributed by atoms with E-state index in [0.717, 1.165) is 0 Å². The lowest BCUT2D eigenvalue weighted by Crippen LogP contribution is -1.95. The molecule has 1 aliphatic rings. The second kappa shape index (κ2) is 13.8. The molecule has 0 aromatic heterocycles. The van der Waals surface area contributed by atoms with Gasteiger partial charge in [0.25, 0.3) is 0 Å². The third-order valence-electron chi connectivity index (χ3n) is 17.1. The van der Waals surface area contributed by atoms with Crippen LogP contribution in [0.4, 0.5) is 0 Å². The Morgan fingerprint density at radius 1 is 0.167 bits per heavy atom. The fraction of sp³-hybridized carbons (Fsp3) is 0.0278. The molecule has 0 unspecified atom stereocenters. The van der Waals surface area contributed by atoms with Gasteiger partial charge in [0.05, 0.1) is 0 Å². The van der Waals surface area contributed by atoms with Gasteiger partial charge in [0.2, 0.25) is 0 Å². The lowest BCUT2D eigenvalue weighted by molar-refractivity contribution is 1.46. The average Bonchev–Trinajstić information content (AvgIpc) is 4.07. The summed E-state index contributed by atoms with van der Waals surface area (Å²) >= 11 is 0. The molecule has 0 N–H and O–H groups in total. The van der Waals surface area contributed by atoms with Gasteiger partial charge in [-0.2, -0.15) is 0 Å². The second-order valence-electron chi connectivity index (χ2n) is 20.5. The van der Waals surface area contributed by atoms with Crippen molar-refractivity contribution >= 4 is 108 Å². The fourth-order valence-electron chi connectivity index (χ4n) is 14.3. The molecule has 0 radical (unpaired) electrons. The SMILES string of the molecule is Cc1ccccc1-c1c2c(c(-c3ccccc3C)c3ccccc13)-c1ccc3c4ccc5c6c(ccc(c7ccc-2c1c73)c46)c1c(-c2ccccc2-c2ccccc2)c2cccc3c4ccccc4c(c23)c51. The highest BCUT2D eigenvalue weighted by molar-refractivity contribution is 6.51. The maximum atomic E-state index is 2.48. The van der Waals surface area contributed by atoms with E-state index in [-0.39, 0.29) is 0 Å². The first-order valence-electron chi connectivity index (χ1n) is 25.4. The van der Waals surface area contributed by atoms with Crippen molar-refractivity contribution in [2.75, 3.05) is 0 Å². The fourth-order valence-corrected chi connectivity index (χ4v) is 14.3. The first-order chi connectivity index (χ1) is 35.6. The first kappa shape index (κ1) is 38.7. The average molecular weight is 907 g/mol. The maximum absolute atomic E-state index is 2.48. The Kier molecular flexibility index (Phi) is 7.43. The molecule has 0 heteroatoms. The quantitative estimate of drug-likeness (QED) is 0.122. The summed E-state index contributed by atoms with van der Waals surface area (Å²) in [5, 5.41) is 26.8. The van der Waals surface area contributed by atoms with Gasteiger partial charge in [-0.25, -0.2) is 0 Å². The molecule has 16 aromatic rings. The summed E-state index contributed by atoms with van der Waals surface area (Å²) in [4.78, 5) is 0. The Morgan fingerprint density at radius 2 is 0.542 bits per heavy atom. The molecule has 0 atom stereocenters. The lowest BCUT2D eigenvalue weighted by Gasteiger charge is -2.22. The summed E-state index contributed by atoms with van der Waals surface area (Å²) in [6, 6.07) is 83.1. The maximum Gasteiger partial charge on any atom is -0.000696 e. The second-order valence-corrected chi connectivity index (χ2v) is 20.5. The van der Waals surface area contributed by atoms with Crippen LogP contribution in [0.1, 0.15) is 11.1 Å². The van der Waals surface area contributed by atoms with Crippen LogP contribution in [0.2, 0.25) is 0 Å². The normalized spacial score (nSPS) is 12.6. The molecule has 0 heterocycles. The van der Waals surface area contributed by atoms with Gasteiger partial charge in [-0.3, -0.25) is 0 Å². The molecule has 16 aromatic carbocycles.